The molecule has 1 aliphatic rings. The number of sulfonamides is 1. The van der Waals surface area contributed by atoms with Gasteiger partial charge in [-0.2, -0.15) is 4.31 Å². The molecule has 1 aromatic heterocycles. The molecule has 0 bridgehead atoms. The van der Waals surface area contributed by atoms with E-state index in [1.54, 1.807) is 7.05 Å². The van der Waals surface area contributed by atoms with E-state index in [-0.39, 0.29) is 16.0 Å². The molecule has 4 nitrogen and oxygen atoms in total. The molecule has 0 radical (unpaired) electrons. The highest BCUT2D eigenvalue weighted by atomic mass is 35.5. The van der Waals surface area contributed by atoms with Gasteiger partial charge in [-0.15, -0.1) is 0 Å². The highest BCUT2D eigenvalue weighted by molar-refractivity contribution is 7.89. The molecule has 0 aliphatic heterocycles. The van der Waals surface area contributed by atoms with Crippen molar-refractivity contribution in [3.63, 3.8) is 0 Å². The van der Waals surface area contributed by atoms with Crippen LogP contribution >= 0.6 is 11.6 Å². The summed E-state index contributed by atoms with van der Waals surface area (Å²) in [5, 5.41) is 0.227. The third-order valence-electron chi connectivity index (χ3n) is 3.23. The van der Waals surface area contributed by atoms with Gasteiger partial charge in [0.25, 0.3) is 0 Å². The zero-order chi connectivity index (χ0) is 12.5. The number of hydrogen-bond acceptors (Lipinski definition) is 3. The van der Waals surface area contributed by atoms with Crippen LogP contribution < -0.4 is 0 Å². The fourth-order valence-corrected chi connectivity index (χ4v) is 3.99. The number of rotatable bonds is 3. The Bertz CT molecular complexity index is 498. The molecule has 94 valence electrons. The highest BCUT2D eigenvalue weighted by Gasteiger charge is 2.31. The van der Waals surface area contributed by atoms with Crippen LogP contribution in [0, 0.1) is 0 Å². The standard InChI is InChI=1S/C11H15ClN2O2S/c1-14(9-4-2-3-5-9)17(15,16)11-8-13-7-6-10(11)12/h6-9H,2-5H2,1H3. The normalized spacial score (nSPS) is 17.8. The van der Waals surface area contributed by atoms with E-state index >= 15 is 0 Å². The molecule has 0 unspecified atom stereocenters. The second-order valence-corrected chi connectivity index (χ2v) is 6.64. The molecular formula is C11H15ClN2O2S. The van der Waals surface area contributed by atoms with Gasteiger partial charge < -0.3 is 0 Å². The molecule has 1 aliphatic carbocycles. The zero-order valence-electron chi connectivity index (χ0n) is 9.63. The predicted molar refractivity (Wildman–Crippen MR) is 66.5 cm³/mol. The summed E-state index contributed by atoms with van der Waals surface area (Å²) < 4.78 is 26.1. The summed E-state index contributed by atoms with van der Waals surface area (Å²) in [6.45, 7) is 0. The lowest BCUT2D eigenvalue weighted by molar-refractivity contribution is 0.373. The highest BCUT2D eigenvalue weighted by Crippen LogP contribution is 2.29. The first kappa shape index (κ1) is 12.8. The number of hydrogen-bond donors (Lipinski definition) is 0. The van der Waals surface area contributed by atoms with Crippen molar-refractivity contribution in [1.82, 2.24) is 9.29 Å². The first-order valence-corrected chi connectivity index (χ1v) is 7.43. The van der Waals surface area contributed by atoms with Crippen LogP contribution in [0.3, 0.4) is 0 Å². The molecule has 1 aromatic rings. The monoisotopic (exact) mass is 274 g/mol. The summed E-state index contributed by atoms with van der Waals surface area (Å²) in [5.74, 6) is 0. The van der Waals surface area contributed by atoms with Gasteiger partial charge in [-0.3, -0.25) is 4.98 Å². The zero-order valence-corrected chi connectivity index (χ0v) is 11.2. The Morgan fingerprint density at radius 2 is 2.06 bits per heavy atom. The lowest BCUT2D eigenvalue weighted by atomic mass is 10.3. The van der Waals surface area contributed by atoms with Gasteiger partial charge in [0.1, 0.15) is 4.90 Å². The van der Waals surface area contributed by atoms with Crippen LogP contribution in [0.25, 0.3) is 0 Å². The largest absolute Gasteiger partial charge is 0.263 e. The summed E-state index contributed by atoms with van der Waals surface area (Å²) in [5.41, 5.74) is 0. The van der Waals surface area contributed by atoms with E-state index in [1.807, 2.05) is 0 Å². The van der Waals surface area contributed by atoms with Crippen molar-refractivity contribution in [1.29, 1.82) is 0 Å². The van der Waals surface area contributed by atoms with E-state index in [1.165, 1.54) is 22.8 Å². The maximum absolute atomic E-state index is 12.3. The van der Waals surface area contributed by atoms with Gasteiger partial charge >= 0.3 is 0 Å². The molecule has 0 spiro atoms. The van der Waals surface area contributed by atoms with Gasteiger partial charge in [-0.1, -0.05) is 24.4 Å². The van der Waals surface area contributed by atoms with Crippen LogP contribution in [-0.4, -0.2) is 30.8 Å². The molecule has 0 N–H and O–H groups in total. The summed E-state index contributed by atoms with van der Waals surface area (Å²) in [6, 6.07) is 1.59. The molecule has 0 saturated heterocycles. The van der Waals surface area contributed by atoms with Crippen molar-refractivity contribution in [3.05, 3.63) is 23.5 Å². The molecule has 0 aromatic carbocycles. The van der Waals surface area contributed by atoms with E-state index < -0.39 is 10.0 Å². The van der Waals surface area contributed by atoms with E-state index in [0.717, 1.165) is 25.7 Å². The summed E-state index contributed by atoms with van der Waals surface area (Å²) in [7, 11) is -1.89. The molecule has 0 amide bonds. The van der Waals surface area contributed by atoms with Crippen molar-refractivity contribution in [2.45, 2.75) is 36.6 Å². The minimum absolute atomic E-state index is 0.0936. The van der Waals surface area contributed by atoms with Crippen molar-refractivity contribution in [2.24, 2.45) is 0 Å². The second-order valence-electron chi connectivity index (χ2n) is 4.27. The molecule has 1 heterocycles. The van der Waals surface area contributed by atoms with Crippen LogP contribution in [0.5, 0.6) is 0 Å². The molecule has 1 fully saturated rings. The predicted octanol–water partition coefficient (Wildman–Crippen LogP) is 2.30. The van der Waals surface area contributed by atoms with E-state index in [0.29, 0.717) is 0 Å². The first-order chi connectivity index (χ1) is 8.03. The van der Waals surface area contributed by atoms with Gasteiger partial charge in [0.15, 0.2) is 0 Å². The summed E-state index contributed by atoms with van der Waals surface area (Å²) >= 11 is 5.91. The third kappa shape index (κ3) is 2.46. The molecular weight excluding hydrogens is 260 g/mol. The summed E-state index contributed by atoms with van der Waals surface area (Å²) in [6.07, 6.45) is 6.82. The lowest BCUT2D eigenvalue weighted by Crippen LogP contribution is -2.35. The minimum atomic E-state index is -3.51. The average Bonchev–Trinajstić information content (AvgIpc) is 2.81. The Hall–Kier alpha value is -0.650. The summed E-state index contributed by atoms with van der Waals surface area (Å²) in [4.78, 5) is 3.92. The van der Waals surface area contributed by atoms with Crippen molar-refractivity contribution >= 4 is 21.6 Å². The number of pyridine rings is 1. The van der Waals surface area contributed by atoms with Crippen LogP contribution in [-0.2, 0) is 10.0 Å². The van der Waals surface area contributed by atoms with E-state index in [4.69, 9.17) is 11.6 Å². The van der Waals surface area contributed by atoms with Crippen molar-refractivity contribution < 1.29 is 8.42 Å². The molecule has 1 saturated carbocycles. The third-order valence-corrected chi connectivity index (χ3v) is 5.61. The Labute approximate surface area is 107 Å². The van der Waals surface area contributed by atoms with Gasteiger partial charge in [0, 0.05) is 25.5 Å². The van der Waals surface area contributed by atoms with Crippen LogP contribution in [0.1, 0.15) is 25.7 Å². The van der Waals surface area contributed by atoms with Crippen molar-refractivity contribution in [2.75, 3.05) is 7.05 Å². The fourth-order valence-electron chi connectivity index (χ4n) is 2.17. The van der Waals surface area contributed by atoms with Gasteiger partial charge in [-0.05, 0) is 18.9 Å². The first-order valence-electron chi connectivity index (χ1n) is 5.61. The van der Waals surface area contributed by atoms with Gasteiger partial charge in [0.2, 0.25) is 10.0 Å². The van der Waals surface area contributed by atoms with Crippen molar-refractivity contribution in [3.8, 4) is 0 Å². The number of aromatic nitrogens is 1. The minimum Gasteiger partial charge on any atom is -0.263 e. The van der Waals surface area contributed by atoms with Gasteiger partial charge in [-0.25, -0.2) is 8.42 Å². The molecule has 17 heavy (non-hydrogen) atoms. The Balaban J connectivity index is 2.33. The maximum atomic E-state index is 12.3. The molecule has 0 atom stereocenters. The maximum Gasteiger partial charge on any atom is 0.246 e. The number of nitrogens with zero attached hydrogens (tertiary/aromatic N) is 2. The number of halogens is 1. The quantitative estimate of drug-likeness (QED) is 0.850. The Morgan fingerprint density at radius 1 is 1.41 bits per heavy atom. The Morgan fingerprint density at radius 3 is 2.65 bits per heavy atom. The average molecular weight is 275 g/mol. The molecule has 2 rings (SSSR count). The van der Waals surface area contributed by atoms with E-state index in [9.17, 15) is 8.42 Å². The van der Waals surface area contributed by atoms with Crippen LogP contribution in [0.15, 0.2) is 23.4 Å². The van der Waals surface area contributed by atoms with Crippen LogP contribution in [0.2, 0.25) is 5.02 Å². The molecule has 6 heteroatoms. The second kappa shape index (κ2) is 4.92. The van der Waals surface area contributed by atoms with Crippen LogP contribution in [0.4, 0.5) is 0 Å². The fraction of sp³-hybridized carbons (Fsp3) is 0.545. The topological polar surface area (TPSA) is 50.3 Å². The van der Waals surface area contributed by atoms with E-state index in [2.05, 4.69) is 4.98 Å². The lowest BCUT2D eigenvalue weighted by Gasteiger charge is -2.23. The smallest absolute Gasteiger partial charge is 0.246 e. The SMILES string of the molecule is CN(C1CCCC1)S(=O)(=O)c1cnccc1Cl. The van der Waals surface area contributed by atoms with Gasteiger partial charge in [0.05, 0.1) is 5.02 Å². The Kier molecular flexibility index (Phi) is 3.70.